The lowest BCUT2D eigenvalue weighted by Crippen LogP contribution is -1.96. The summed E-state index contributed by atoms with van der Waals surface area (Å²) in [5, 5.41) is 0.812. The average Bonchev–Trinajstić information content (AvgIpc) is 2.26. The second-order valence-electron chi connectivity index (χ2n) is 3.92. The zero-order valence-electron chi connectivity index (χ0n) is 10.3. The second kappa shape index (κ2) is 5.60. The van der Waals surface area contributed by atoms with Crippen molar-refractivity contribution in [2.75, 3.05) is 6.26 Å². The Bertz CT molecular complexity index is 680. The summed E-state index contributed by atoms with van der Waals surface area (Å²) in [7, 11) is -3.15. The highest BCUT2D eigenvalue weighted by atomic mass is 79.9. The van der Waals surface area contributed by atoms with Gasteiger partial charge in [-0.1, -0.05) is 11.8 Å². The number of benzene rings is 1. The number of sulfone groups is 1. The first kappa shape index (κ1) is 14.5. The predicted molar refractivity (Wildman–Crippen MR) is 78.1 cm³/mol. The van der Waals surface area contributed by atoms with Crippen molar-refractivity contribution in [2.24, 2.45) is 0 Å². The molecular weight excluding hydrogens is 348 g/mol. The van der Waals surface area contributed by atoms with Gasteiger partial charge in [-0.2, -0.15) is 0 Å². The Morgan fingerprint density at radius 1 is 1.16 bits per heavy atom. The number of hydrogen-bond acceptors (Lipinski definition) is 5. The Kier molecular flexibility index (Phi) is 4.27. The number of nitrogens with zero attached hydrogens (tertiary/aromatic N) is 2. The molecule has 0 aliphatic heterocycles. The molecule has 2 rings (SSSR count). The molecule has 2 aromatic rings. The molecule has 4 nitrogen and oxygen atoms in total. The number of rotatable bonds is 3. The molecule has 1 aromatic heterocycles. The Labute approximate surface area is 124 Å². The summed E-state index contributed by atoms with van der Waals surface area (Å²) in [5.74, 6) is 0.685. The van der Waals surface area contributed by atoms with Crippen LogP contribution >= 0.6 is 27.7 Å². The van der Waals surface area contributed by atoms with Crippen LogP contribution in [0, 0.1) is 6.92 Å². The third-order valence-electron chi connectivity index (χ3n) is 2.26. The van der Waals surface area contributed by atoms with E-state index in [-0.39, 0.29) is 0 Å². The molecule has 0 bridgehead atoms. The van der Waals surface area contributed by atoms with Crippen molar-refractivity contribution in [3.8, 4) is 0 Å². The average molecular weight is 359 g/mol. The van der Waals surface area contributed by atoms with E-state index in [0.29, 0.717) is 10.7 Å². The quantitative estimate of drug-likeness (QED) is 0.788. The summed E-state index contributed by atoms with van der Waals surface area (Å²) in [6.45, 7) is 1.82. The highest BCUT2D eigenvalue weighted by Crippen LogP contribution is 2.28. The van der Waals surface area contributed by atoms with Gasteiger partial charge in [-0.25, -0.2) is 18.4 Å². The first-order chi connectivity index (χ1) is 8.84. The minimum absolute atomic E-state index is 0.317. The maximum Gasteiger partial charge on any atom is 0.175 e. The van der Waals surface area contributed by atoms with Crippen LogP contribution in [-0.2, 0) is 9.84 Å². The minimum atomic E-state index is -3.15. The number of hydrogen-bond donors (Lipinski definition) is 0. The molecule has 19 heavy (non-hydrogen) atoms. The molecule has 0 aliphatic rings. The van der Waals surface area contributed by atoms with Gasteiger partial charge in [-0.05, 0) is 47.1 Å². The molecular formula is C12H11BrN2O2S2. The third-order valence-corrected chi connectivity index (χ3v) is 4.72. The van der Waals surface area contributed by atoms with Gasteiger partial charge in [0.25, 0.3) is 0 Å². The molecule has 0 atom stereocenters. The molecule has 100 valence electrons. The molecule has 7 heteroatoms. The molecule has 0 unspecified atom stereocenters. The Morgan fingerprint density at radius 2 is 1.79 bits per heavy atom. The zero-order valence-corrected chi connectivity index (χ0v) is 13.5. The van der Waals surface area contributed by atoms with Gasteiger partial charge < -0.3 is 0 Å². The van der Waals surface area contributed by atoms with E-state index in [2.05, 4.69) is 25.9 Å². The van der Waals surface area contributed by atoms with Crippen molar-refractivity contribution in [1.29, 1.82) is 0 Å². The highest BCUT2D eigenvalue weighted by Gasteiger charge is 2.07. The van der Waals surface area contributed by atoms with Crippen LogP contribution in [0.3, 0.4) is 0 Å². The molecule has 0 amide bonds. The summed E-state index contributed by atoms with van der Waals surface area (Å²) in [4.78, 5) is 9.68. The lowest BCUT2D eigenvalue weighted by Gasteiger charge is -2.04. The van der Waals surface area contributed by atoms with Crippen molar-refractivity contribution in [2.45, 2.75) is 21.7 Å². The molecule has 0 fully saturated rings. The normalized spacial score (nSPS) is 11.5. The maximum atomic E-state index is 11.4. The molecule has 0 N–H and O–H groups in total. The Hall–Kier alpha value is -0.920. The molecule has 0 spiro atoms. The van der Waals surface area contributed by atoms with Crippen LogP contribution in [0.5, 0.6) is 0 Å². The maximum absolute atomic E-state index is 11.4. The van der Waals surface area contributed by atoms with Crippen molar-refractivity contribution < 1.29 is 8.42 Å². The molecule has 1 heterocycles. The molecule has 0 saturated heterocycles. The first-order valence-corrected chi connectivity index (χ1v) is 8.84. The van der Waals surface area contributed by atoms with Crippen molar-refractivity contribution in [1.82, 2.24) is 9.97 Å². The Morgan fingerprint density at radius 3 is 2.32 bits per heavy atom. The predicted octanol–water partition coefficient (Wildman–Crippen LogP) is 3.10. The fourth-order valence-corrected chi connectivity index (χ4v) is 3.55. The van der Waals surface area contributed by atoms with Gasteiger partial charge in [0.1, 0.15) is 15.5 Å². The van der Waals surface area contributed by atoms with Gasteiger partial charge >= 0.3 is 0 Å². The summed E-state index contributed by atoms with van der Waals surface area (Å²) >= 11 is 4.78. The fraction of sp³-hybridized carbons (Fsp3) is 0.167. The summed E-state index contributed by atoms with van der Waals surface area (Å²) in [6, 6.07) is 8.56. The molecule has 0 saturated carbocycles. The number of halogens is 1. The van der Waals surface area contributed by atoms with Crippen LogP contribution in [0.4, 0.5) is 0 Å². The smallest absolute Gasteiger partial charge is 0.175 e. The van der Waals surface area contributed by atoms with Gasteiger partial charge in [0.2, 0.25) is 0 Å². The van der Waals surface area contributed by atoms with Crippen LogP contribution in [0.2, 0.25) is 0 Å². The van der Waals surface area contributed by atoms with Gasteiger partial charge in [0.05, 0.1) is 4.90 Å². The SMILES string of the molecule is Cc1nc(Br)cc(Sc2ccc(S(C)(=O)=O)cc2)n1. The van der Waals surface area contributed by atoms with Crippen LogP contribution < -0.4 is 0 Å². The molecule has 0 radical (unpaired) electrons. The van der Waals surface area contributed by atoms with E-state index in [1.807, 2.05) is 13.0 Å². The van der Waals surface area contributed by atoms with Crippen molar-refractivity contribution in [3.63, 3.8) is 0 Å². The molecule has 1 aromatic carbocycles. The summed E-state index contributed by atoms with van der Waals surface area (Å²) < 4.78 is 23.4. The summed E-state index contributed by atoms with van der Waals surface area (Å²) in [6.07, 6.45) is 1.19. The second-order valence-corrected chi connectivity index (χ2v) is 7.84. The van der Waals surface area contributed by atoms with E-state index in [0.717, 1.165) is 14.5 Å². The zero-order chi connectivity index (χ0) is 14.0. The lowest BCUT2D eigenvalue weighted by molar-refractivity contribution is 0.602. The third kappa shape index (κ3) is 4.02. The van der Waals surface area contributed by atoms with Gasteiger partial charge in [0, 0.05) is 17.2 Å². The summed E-state index contributed by atoms with van der Waals surface area (Å²) in [5.41, 5.74) is 0. The molecule has 0 aliphatic carbocycles. The standard InChI is InChI=1S/C12H11BrN2O2S2/c1-8-14-11(13)7-12(15-8)18-9-3-5-10(6-4-9)19(2,16)17/h3-7H,1-2H3. The van der Waals surface area contributed by atoms with E-state index in [4.69, 9.17) is 0 Å². The van der Waals surface area contributed by atoms with Crippen molar-refractivity contribution in [3.05, 3.63) is 40.8 Å². The topological polar surface area (TPSA) is 59.9 Å². The van der Waals surface area contributed by atoms with E-state index in [9.17, 15) is 8.42 Å². The first-order valence-electron chi connectivity index (χ1n) is 5.34. The number of aryl methyl sites for hydroxylation is 1. The fourth-order valence-electron chi connectivity index (χ4n) is 1.43. The van der Waals surface area contributed by atoms with Gasteiger partial charge in [-0.15, -0.1) is 0 Å². The Balaban J connectivity index is 2.24. The van der Waals surface area contributed by atoms with Crippen LogP contribution in [0.25, 0.3) is 0 Å². The van der Waals surface area contributed by atoms with E-state index < -0.39 is 9.84 Å². The largest absolute Gasteiger partial charge is 0.226 e. The van der Waals surface area contributed by atoms with Gasteiger partial charge in [0.15, 0.2) is 9.84 Å². The number of aromatic nitrogens is 2. The highest BCUT2D eigenvalue weighted by molar-refractivity contribution is 9.10. The lowest BCUT2D eigenvalue weighted by atomic mass is 10.4. The van der Waals surface area contributed by atoms with Crippen LogP contribution in [0.1, 0.15) is 5.82 Å². The van der Waals surface area contributed by atoms with Gasteiger partial charge in [-0.3, -0.25) is 0 Å². The van der Waals surface area contributed by atoms with Crippen LogP contribution in [-0.4, -0.2) is 24.6 Å². The van der Waals surface area contributed by atoms with E-state index in [1.165, 1.54) is 18.0 Å². The van der Waals surface area contributed by atoms with E-state index >= 15 is 0 Å². The minimum Gasteiger partial charge on any atom is -0.226 e. The van der Waals surface area contributed by atoms with Crippen LogP contribution in [0.15, 0.2) is 49.8 Å². The monoisotopic (exact) mass is 358 g/mol. The van der Waals surface area contributed by atoms with Crippen molar-refractivity contribution >= 4 is 37.5 Å². The van der Waals surface area contributed by atoms with E-state index in [1.54, 1.807) is 24.3 Å².